The standard InChI is InChI=1S/C12H10FNO3S/c1-14-9-4-7(13)2-3-8(9)10(5-11(14)15)18-6-12(16)17/h2-5H,6H2,1H3,(H,16,17). The van der Waals surface area contributed by atoms with Crippen LogP contribution in [0.1, 0.15) is 0 Å². The molecule has 0 saturated heterocycles. The molecule has 1 aromatic heterocycles. The van der Waals surface area contributed by atoms with E-state index in [9.17, 15) is 14.0 Å². The minimum atomic E-state index is -0.962. The number of fused-ring (bicyclic) bond motifs is 1. The van der Waals surface area contributed by atoms with Gasteiger partial charge in [-0.3, -0.25) is 9.59 Å². The monoisotopic (exact) mass is 267 g/mol. The van der Waals surface area contributed by atoms with Crippen molar-refractivity contribution in [1.29, 1.82) is 0 Å². The SMILES string of the molecule is Cn1c(=O)cc(SCC(=O)O)c2ccc(F)cc21. The first-order valence-corrected chi connectivity index (χ1v) is 6.11. The Balaban J connectivity index is 2.63. The fraction of sp³-hybridized carbons (Fsp3) is 0.167. The molecule has 0 fully saturated rings. The smallest absolute Gasteiger partial charge is 0.313 e. The second-order valence-corrected chi connectivity index (χ2v) is 4.77. The molecule has 0 radical (unpaired) electrons. The number of nitrogens with zero attached hydrogens (tertiary/aromatic N) is 1. The molecule has 94 valence electrons. The van der Waals surface area contributed by atoms with Gasteiger partial charge < -0.3 is 9.67 Å². The lowest BCUT2D eigenvalue weighted by Gasteiger charge is -2.09. The highest BCUT2D eigenvalue weighted by Crippen LogP contribution is 2.26. The van der Waals surface area contributed by atoms with Gasteiger partial charge in [0.2, 0.25) is 0 Å². The van der Waals surface area contributed by atoms with Crippen LogP contribution >= 0.6 is 11.8 Å². The Morgan fingerprint density at radius 3 is 2.83 bits per heavy atom. The number of pyridine rings is 1. The van der Waals surface area contributed by atoms with E-state index in [1.807, 2.05) is 0 Å². The lowest BCUT2D eigenvalue weighted by molar-refractivity contribution is -0.133. The molecule has 0 spiro atoms. The molecule has 0 saturated carbocycles. The molecule has 0 aliphatic carbocycles. The molecule has 6 heteroatoms. The molecule has 4 nitrogen and oxygen atoms in total. The molecule has 18 heavy (non-hydrogen) atoms. The van der Waals surface area contributed by atoms with Gasteiger partial charge in [-0.2, -0.15) is 0 Å². The Hall–Kier alpha value is -1.82. The maximum atomic E-state index is 13.2. The first-order valence-electron chi connectivity index (χ1n) is 5.13. The van der Waals surface area contributed by atoms with Crippen molar-refractivity contribution < 1.29 is 14.3 Å². The molecule has 0 unspecified atom stereocenters. The predicted molar refractivity (Wildman–Crippen MR) is 67.5 cm³/mol. The first-order chi connectivity index (χ1) is 8.49. The second kappa shape index (κ2) is 4.81. The quantitative estimate of drug-likeness (QED) is 0.862. The van der Waals surface area contributed by atoms with Crippen LogP contribution in [0.15, 0.2) is 34.0 Å². The third kappa shape index (κ3) is 2.38. The Kier molecular flexibility index (Phi) is 3.38. The number of rotatable bonds is 3. The van der Waals surface area contributed by atoms with Crippen molar-refractivity contribution in [3.63, 3.8) is 0 Å². The zero-order chi connectivity index (χ0) is 13.3. The van der Waals surface area contributed by atoms with Gasteiger partial charge in [-0.1, -0.05) is 0 Å². The molecule has 2 rings (SSSR count). The van der Waals surface area contributed by atoms with Crippen molar-refractivity contribution in [2.45, 2.75) is 4.90 Å². The number of carbonyl (C=O) groups is 1. The highest BCUT2D eigenvalue weighted by atomic mass is 32.2. The summed E-state index contributed by atoms with van der Waals surface area (Å²) >= 11 is 1.05. The highest BCUT2D eigenvalue weighted by Gasteiger charge is 2.09. The van der Waals surface area contributed by atoms with Gasteiger partial charge in [0.25, 0.3) is 5.56 Å². The number of halogens is 1. The van der Waals surface area contributed by atoms with Crippen molar-refractivity contribution in [2.24, 2.45) is 7.05 Å². The number of carboxylic acid groups (broad SMARTS) is 1. The summed E-state index contributed by atoms with van der Waals surface area (Å²) in [5.74, 6) is -1.53. The van der Waals surface area contributed by atoms with E-state index in [0.29, 0.717) is 15.8 Å². The molecule has 1 aromatic carbocycles. The van der Waals surface area contributed by atoms with Crippen LogP contribution in [-0.2, 0) is 11.8 Å². The van der Waals surface area contributed by atoms with Crippen molar-refractivity contribution in [1.82, 2.24) is 4.57 Å². The largest absolute Gasteiger partial charge is 0.481 e. The Morgan fingerprint density at radius 1 is 1.44 bits per heavy atom. The molecule has 1 N–H and O–H groups in total. The fourth-order valence-corrected chi connectivity index (χ4v) is 2.45. The van der Waals surface area contributed by atoms with E-state index in [1.54, 1.807) is 13.1 Å². The van der Waals surface area contributed by atoms with Gasteiger partial charge in [-0.25, -0.2) is 4.39 Å². The van der Waals surface area contributed by atoms with Gasteiger partial charge in [0.15, 0.2) is 0 Å². The molecule has 0 bridgehead atoms. The van der Waals surface area contributed by atoms with Crippen molar-refractivity contribution >= 4 is 28.6 Å². The molecular weight excluding hydrogens is 257 g/mol. The number of aromatic nitrogens is 1. The Morgan fingerprint density at radius 2 is 2.17 bits per heavy atom. The number of thioether (sulfide) groups is 1. The fourth-order valence-electron chi connectivity index (χ4n) is 1.66. The number of hydrogen-bond acceptors (Lipinski definition) is 3. The number of hydrogen-bond donors (Lipinski definition) is 1. The summed E-state index contributed by atoms with van der Waals surface area (Å²) in [5.41, 5.74) is 0.163. The number of benzene rings is 1. The van der Waals surface area contributed by atoms with Crippen LogP contribution in [0.2, 0.25) is 0 Å². The van der Waals surface area contributed by atoms with Gasteiger partial charge >= 0.3 is 5.97 Å². The normalized spacial score (nSPS) is 10.8. The summed E-state index contributed by atoms with van der Waals surface area (Å²) in [6, 6.07) is 5.47. The van der Waals surface area contributed by atoms with E-state index >= 15 is 0 Å². The lowest BCUT2D eigenvalue weighted by atomic mass is 10.2. The molecule has 0 aliphatic rings. The molecule has 0 atom stereocenters. The van der Waals surface area contributed by atoms with Crippen molar-refractivity contribution in [3.8, 4) is 0 Å². The molecule has 2 aromatic rings. The van der Waals surface area contributed by atoms with Gasteiger partial charge in [0.1, 0.15) is 5.82 Å². The van der Waals surface area contributed by atoms with Gasteiger partial charge in [-0.15, -0.1) is 11.8 Å². The summed E-state index contributed by atoms with van der Waals surface area (Å²) in [4.78, 5) is 22.8. The van der Waals surface area contributed by atoms with Crippen LogP contribution in [0.4, 0.5) is 4.39 Å². The second-order valence-electron chi connectivity index (χ2n) is 3.75. The minimum absolute atomic E-state index is 0.139. The van der Waals surface area contributed by atoms with Crippen LogP contribution in [-0.4, -0.2) is 21.4 Å². The molecule has 0 amide bonds. The maximum absolute atomic E-state index is 13.2. The van der Waals surface area contributed by atoms with E-state index in [2.05, 4.69) is 0 Å². The third-order valence-corrected chi connectivity index (χ3v) is 3.56. The van der Waals surface area contributed by atoms with Crippen LogP contribution < -0.4 is 5.56 Å². The maximum Gasteiger partial charge on any atom is 0.313 e. The predicted octanol–water partition coefficient (Wildman–Crippen LogP) is 1.85. The van der Waals surface area contributed by atoms with Crippen LogP contribution in [0, 0.1) is 5.82 Å². The van der Waals surface area contributed by atoms with E-state index in [1.165, 1.54) is 22.8 Å². The summed E-state index contributed by atoms with van der Waals surface area (Å²) in [6.07, 6.45) is 0. The Bertz CT molecular complexity index is 681. The van der Waals surface area contributed by atoms with E-state index < -0.39 is 11.8 Å². The van der Waals surface area contributed by atoms with E-state index in [0.717, 1.165) is 11.8 Å². The highest BCUT2D eigenvalue weighted by molar-refractivity contribution is 8.00. The Labute approximate surface area is 106 Å². The van der Waals surface area contributed by atoms with Crippen molar-refractivity contribution in [2.75, 3.05) is 5.75 Å². The zero-order valence-corrected chi connectivity index (χ0v) is 10.3. The molecular formula is C12H10FNO3S. The van der Waals surface area contributed by atoms with Crippen molar-refractivity contribution in [3.05, 3.63) is 40.4 Å². The minimum Gasteiger partial charge on any atom is -0.481 e. The average molecular weight is 267 g/mol. The lowest BCUT2D eigenvalue weighted by Crippen LogP contribution is -2.16. The van der Waals surface area contributed by atoms with Crippen LogP contribution in [0.5, 0.6) is 0 Å². The molecule has 0 aliphatic heterocycles. The number of aliphatic carboxylic acids is 1. The van der Waals surface area contributed by atoms with Crippen LogP contribution in [0.25, 0.3) is 10.9 Å². The molecule has 1 heterocycles. The average Bonchev–Trinajstić information content (AvgIpc) is 2.32. The van der Waals surface area contributed by atoms with E-state index in [4.69, 9.17) is 5.11 Å². The van der Waals surface area contributed by atoms with Gasteiger partial charge in [0, 0.05) is 23.4 Å². The number of carboxylic acids is 1. The topological polar surface area (TPSA) is 59.3 Å². The van der Waals surface area contributed by atoms with Crippen LogP contribution in [0.3, 0.4) is 0 Å². The summed E-state index contributed by atoms with van der Waals surface area (Å²) < 4.78 is 14.5. The van der Waals surface area contributed by atoms with Gasteiger partial charge in [0.05, 0.1) is 11.3 Å². The zero-order valence-electron chi connectivity index (χ0n) is 9.51. The summed E-state index contributed by atoms with van der Waals surface area (Å²) in [5, 5.41) is 9.32. The summed E-state index contributed by atoms with van der Waals surface area (Å²) in [7, 11) is 1.55. The number of aryl methyl sites for hydroxylation is 1. The van der Waals surface area contributed by atoms with Gasteiger partial charge in [-0.05, 0) is 18.2 Å². The third-order valence-electron chi connectivity index (χ3n) is 2.52. The summed E-state index contributed by atoms with van der Waals surface area (Å²) in [6.45, 7) is 0. The van der Waals surface area contributed by atoms with E-state index in [-0.39, 0.29) is 11.3 Å². The first kappa shape index (κ1) is 12.6.